The van der Waals surface area contributed by atoms with Crippen molar-refractivity contribution in [3.8, 4) is 0 Å². The SMILES string of the molecule is CCCCCn1nc(C(=O)NNC(=O)c2ccc(C)s2)c2ccccc2c1=O. The summed E-state index contributed by atoms with van der Waals surface area (Å²) in [7, 11) is 0. The van der Waals surface area contributed by atoms with E-state index in [1.807, 2.05) is 13.0 Å². The predicted molar refractivity (Wildman–Crippen MR) is 110 cm³/mol. The van der Waals surface area contributed by atoms with Gasteiger partial charge in [0.05, 0.1) is 10.3 Å². The second kappa shape index (κ2) is 8.79. The molecule has 7 nitrogen and oxygen atoms in total. The van der Waals surface area contributed by atoms with Gasteiger partial charge in [-0.2, -0.15) is 5.10 Å². The molecule has 0 fully saturated rings. The van der Waals surface area contributed by atoms with Crippen molar-refractivity contribution in [2.75, 3.05) is 0 Å². The van der Waals surface area contributed by atoms with Crippen LogP contribution in [-0.2, 0) is 6.54 Å². The van der Waals surface area contributed by atoms with Crippen LogP contribution in [0.1, 0.15) is 51.2 Å². The van der Waals surface area contributed by atoms with Gasteiger partial charge >= 0.3 is 0 Å². The Morgan fingerprint density at radius 1 is 1.04 bits per heavy atom. The molecular formula is C20H22N4O3S. The number of unbranched alkanes of at least 4 members (excludes halogenated alkanes) is 2. The molecule has 2 heterocycles. The number of amides is 2. The first-order valence-corrected chi connectivity index (χ1v) is 10.00. The largest absolute Gasteiger partial charge is 0.290 e. The van der Waals surface area contributed by atoms with Crippen molar-refractivity contribution in [1.82, 2.24) is 20.6 Å². The van der Waals surface area contributed by atoms with Crippen molar-refractivity contribution in [3.63, 3.8) is 0 Å². The summed E-state index contributed by atoms with van der Waals surface area (Å²) in [6, 6.07) is 10.4. The highest BCUT2D eigenvalue weighted by Gasteiger charge is 2.17. The van der Waals surface area contributed by atoms with Gasteiger partial charge in [0.1, 0.15) is 0 Å². The van der Waals surface area contributed by atoms with E-state index in [1.54, 1.807) is 30.3 Å². The molecule has 0 bridgehead atoms. The molecule has 0 aliphatic carbocycles. The van der Waals surface area contributed by atoms with E-state index >= 15 is 0 Å². The number of rotatable bonds is 6. The zero-order valence-electron chi connectivity index (χ0n) is 15.8. The van der Waals surface area contributed by atoms with E-state index in [-0.39, 0.29) is 11.3 Å². The number of benzene rings is 1. The monoisotopic (exact) mass is 398 g/mol. The van der Waals surface area contributed by atoms with Crippen LogP contribution in [0.4, 0.5) is 0 Å². The molecule has 0 spiro atoms. The fourth-order valence-electron chi connectivity index (χ4n) is 2.86. The van der Waals surface area contributed by atoms with Crippen LogP contribution in [0.5, 0.6) is 0 Å². The fourth-order valence-corrected chi connectivity index (χ4v) is 3.62. The number of carbonyl (C=O) groups is 2. The molecule has 28 heavy (non-hydrogen) atoms. The number of hydrazine groups is 1. The lowest BCUT2D eigenvalue weighted by molar-refractivity contribution is 0.0845. The van der Waals surface area contributed by atoms with Crippen LogP contribution in [0.15, 0.2) is 41.2 Å². The first-order valence-electron chi connectivity index (χ1n) is 9.18. The molecule has 0 aliphatic heterocycles. The minimum absolute atomic E-state index is 0.106. The summed E-state index contributed by atoms with van der Waals surface area (Å²) in [5.74, 6) is -0.964. The van der Waals surface area contributed by atoms with Crippen molar-refractivity contribution < 1.29 is 9.59 Å². The Hall–Kier alpha value is -3.00. The molecule has 0 aliphatic rings. The minimum Gasteiger partial charge on any atom is -0.267 e. The average molecular weight is 398 g/mol. The Morgan fingerprint density at radius 3 is 2.43 bits per heavy atom. The van der Waals surface area contributed by atoms with Crippen molar-refractivity contribution in [3.05, 3.63) is 62.2 Å². The topological polar surface area (TPSA) is 93.1 Å². The summed E-state index contributed by atoms with van der Waals surface area (Å²) in [6.07, 6.45) is 2.79. The number of carbonyl (C=O) groups excluding carboxylic acids is 2. The number of fused-ring (bicyclic) bond motifs is 1. The maximum absolute atomic E-state index is 12.7. The highest BCUT2D eigenvalue weighted by Crippen LogP contribution is 2.15. The molecular weight excluding hydrogens is 376 g/mol. The van der Waals surface area contributed by atoms with Gasteiger partial charge in [0.2, 0.25) is 0 Å². The molecule has 3 aromatic rings. The summed E-state index contributed by atoms with van der Waals surface area (Å²) < 4.78 is 1.33. The quantitative estimate of drug-likeness (QED) is 0.493. The molecule has 0 unspecified atom stereocenters. The molecule has 2 N–H and O–H groups in total. The summed E-state index contributed by atoms with van der Waals surface area (Å²) >= 11 is 1.34. The van der Waals surface area contributed by atoms with Gasteiger partial charge in [-0.3, -0.25) is 25.2 Å². The summed E-state index contributed by atoms with van der Waals surface area (Å²) in [5.41, 5.74) is 4.69. The Morgan fingerprint density at radius 2 is 1.75 bits per heavy atom. The second-order valence-corrected chi connectivity index (χ2v) is 7.74. The fraction of sp³-hybridized carbons (Fsp3) is 0.300. The summed E-state index contributed by atoms with van der Waals surface area (Å²) in [5, 5.41) is 5.16. The lowest BCUT2D eigenvalue weighted by atomic mass is 10.1. The number of hydrogen-bond donors (Lipinski definition) is 2. The van der Waals surface area contributed by atoms with Crippen molar-refractivity contribution in [2.45, 2.75) is 39.7 Å². The second-order valence-electron chi connectivity index (χ2n) is 6.45. The maximum atomic E-state index is 12.7. The third-order valence-electron chi connectivity index (χ3n) is 4.31. The normalized spacial score (nSPS) is 10.8. The Labute approximate surface area is 166 Å². The molecule has 1 aromatic carbocycles. The molecule has 3 rings (SSSR count). The number of aryl methyl sites for hydroxylation is 2. The van der Waals surface area contributed by atoms with E-state index in [0.717, 1.165) is 24.1 Å². The Kier molecular flexibility index (Phi) is 6.20. The van der Waals surface area contributed by atoms with Gasteiger partial charge in [-0.1, -0.05) is 38.0 Å². The van der Waals surface area contributed by atoms with E-state index in [2.05, 4.69) is 22.9 Å². The molecule has 2 aromatic heterocycles. The standard InChI is InChI=1S/C20H22N4O3S/c1-3-4-7-12-24-20(27)15-9-6-5-8-14(15)17(23-24)19(26)22-21-18(25)16-11-10-13(2)28-16/h5-6,8-11H,3-4,7,12H2,1-2H3,(H,21,25)(H,22,26). The van der Waals surface area contributed by atoms with E-state index in [1.165, 1.54) is 16.0 Å². The molecule has 2 amide bonds. The molecule has 0 radical (unpaired) electrons. The van der Waals surface area contributed by atoms with Gasteiger partial charge in [-0.05, 0) is 31.5 Å². The minimum atomic E-state index is -0.568. The Bertz CT molecular complexity index is 1070. The van der Waals surface area contributed by atoms with Gasteiger partial charge in [-0.15, -0.1) is 11.3 Å². The van der Waals surface area contributed by atoms with E-state index in [4.69, 9.17) is 0 Å². The van der Waals surface area contributed by atoms with Crippen LogP contribution in [0.2, 0.25) is 0 Å². The number of nitrogens with one attached hydrogen (secondary N) is 2. The number of nitrogens with zero attached hydrogens (tertiary/aromatic N) is 2. The molecule has 8 heteroatoms. The van der Waals surface area contributed by atoms with Crippen LogP contribution >= 0.6 is 11.3 Å². The lowest BCUT2D eigenvalue weighted by Crippen LogP contribution is -2.42. The van der Waals surface area contributed by atoms with Crippen molar-refractivity contribution >= 4 is 33.9 Å². The van der Waals surface area contributed by atoms with E-state index in [0.29, 0.717) is 22.2 Å². The third-order valence-corrected chi connectivity index (χ3v) is 5.31. The van der Waals surface area contributed by atoms with Crippen molar-refractivity contribution in [2.24, 2.45) is 0 Å². The first-order chi connectivity index (χ1) is 13.5. The number of thiophene rings is 1. The van der Waals surface area contributed by atoms with Crippen molar-refractivity contribution in [1.29, 1.82) is 0 Å². The van der Waals surface area contributed by atoms with Crippen LogP contribution in [0, 0.1) is 6.92 Å². The van der Waals surface area contributed by atoms with Crippen LogP contribution in [-0.4, -0.2) is 21.6 Å². The van der Waals surface area contributed by atoms with Gasteiger partial charge in [0.15, 0.2) is 5.69 Å². The average Bonchev–Trinajstić information content (AvgIpc) is 3.14. The summed E-state index contributed by atoms with van der Waals surface area (Å²) in [4.78, 5) is 39.0. The molecule has 0 saturated heterocycles. The predicted octanol–water partition coefficient (Wildman–Crippen LogP) is 3.03. The molecule has 0 saturated carbocycles. The zero-order chi connectivity index (χ0) is 20.1. The highest BCUT2D eigenvalue weighted by molar-refractivity contribution is 7.13. The van der Waals surface area contributed by atoms with Gasteiger partial charge in [0.25, 0.3) is 17.4 Å². The molecule has 146 valence electrons. The van der Waals surface area contributed by atoms with Crippen LogP contribution in [0.25, 0.3) is 10.8 Å². The number of aromatic nitrogens is 2. The van der Waals surface area contributed by atoms with Gasteiger partial charge in [0, 0.05) is 16.8 Å². The first kappa shape index (κ1) is 19.8. The lowest BCUT2D eigenvalue weighted by Gasteiger charge is -2.11. The highest BCUT2D eigenvalue weighted by atomic mass is 32.1. The third kappa shape index (κ3) is 4.28. The Balaban J connectivity index is 1.85. The van der Waals surface area contributed by atoms with Crippen LogP contribution in [0.3, 0.4) is 0 Å². The van der Waals surface area contributed by atoms with E-state index in [9.17, 15) is 14.4 Å². The maximum Gasteiger partial charge on any atom is 0.290 e. The zero-order valence-corrected chi connectivity index (χ0v) is 16.6. The van der Waals surface area contributed by atoms with Gasteiger partial charge in [-0.25, -0.2) is 4.68 Å². The van der Waals surface area contributed by atoms with E-state index < -0.39 is 11.8 Å². The molecule has 0 atom stereocenters. The van der Waals surface area contributed by atoms with Gasteiger partial charge < -0.3 is 0 Å². The number of hydrogen-bond acceptors (Lipinski definition) is 5. The van der Waals surface area contributed by atoms with Crippen LogP contribution < -0.4 is 16.4 Å². The summed E-state index contributed by atoms with van der Waals surface area (Å²) in [6.45, 7) is 4.42. The smallest absolute Gasteiger partial charge is 0.267 e.